The largest absolute Gasteiger partial charge is 0.342 e. The number of likely N-dealkylation sites (tertiary alicyclic amines) is 1. The predicted octanol–water partition coefficient (Wildman–Crippen LogP) is 3.69. The Kier molecular flexibility index (Phi) is 5.71. The fourth-order valence-corrected chi connectivity index (χ4v) is 3.63. The van der Waals surface area contributed by atoms with E-state index in [0.717, 1.165) is 25.6 Å². The lowest BCUT2D eigenvalue weighted by atomic mass is 10.1. The van der Waals surface area contributed by atoms with Gasteiger partial charge in [0.25, 0.3) is 0 Å². The van der Waals surface area contributed by atoms with Gasteiger partial charge >= 0.3 is 0 Å². The van der Waals surface area contributed by atoms with Crippen molar-refractivity contribution in [2.24, 2.45) is 5.92 Å². The number of hydrogen-bond donors (Lipinski definition) is 0. The van der Waals surface area contributed by atoms with E-state index in [4.69, 9.17) is 0 Å². The number of rotatable bonds is 6. The van der Waals surface area contributed by atoms with Gasteiger partial charge in [-0.25, -0.2) is 0 Å². The van der Waals surface area contributed by atoms with Crippen molar-refractivity contribution < 1.29 is 4.79 Å². The van der Waals surface area contributed by atoms with Crippen LogP contribution < -0.4 is 0 Å². The van der Waals surface area contributed by atoms with E-state index >= 15 is 0 Å². The molecule has 0 radical (unpaired) electrons. The molecule has 1 aromatic rings. The average molecular weight is 314 g/mol. The van der Waals surface area contributed by atoms with Crippen molar-refractivity contribution in [1.82, 2.24) is 9.80 Å². The molecule has 1 saturated heterocycles. The Morgan fingerprint density at radius 1 is 1.13 bits per heavy atom. The van der Waals surface area contributed by atoms with E-state index in [-0.39, 0.29) is 0 Å². The maximum absolute atomic E-state index is 12.8. The SMILES string of the molecule is CC(C1CC1)N(CC(=O)N1CCCCCC1)Cc1ccccc1. The van der Waals surface area contributed by atoms with E-state index in [1.165, 1.54) is 44.1 Å². The van der Waals surface area contributed by atoms with Crippen molar-refractivity contribution in [2.75, 3.05) is 19.6 Å². The highest BCUT2D eigenvalue weighted by molar-refractivity contribution is 5.78. The van der Waals surface area contributed by atoms with Gasteiger partial charge in [0.2, 0.25) is 5.91 Å². The van der Waals surface area contributed by atoms with Crippen LogP contribution in [0.4, 0.5) is 0 Å². The molecule has 1 saturated carbocycles. The first kappa shape index (κ1) is 16.5. The highest BCUT2D eigenvalue weighted by Crippen LogP contribution is 2.35. The van der Waals surface area contributed by atoms with Crippen LogP contribution in [0.5, 0.6) is 0 Å². The third kappa shape index (κ3) is 4.81. The zero-order valence-corrected chi connectivity index (χ0v) is 14.4. The summed E-state index contributed by atoms with van der Waals surface area (Å²) in [7, 11) is 0. The van der Waals surface area contributed by atoms with Gasteiger partial charge in [-0.2, -0.15) is 0 Å². The molecular weight excluding hydrogens is 284 g/mol. The number of hydrogen-bond acceptors (Lipinski definition) is 2. The zero-order chi connectivity index (χ0) is 16.1. The Labute approximate surface area is 140 Å². The van der Waals surface area contributed by atoms with E-state index in [9.17, 15) is 4.79 Å². The predicted molar refractivity (Wildman–Crippen MR) is 94.1 cm³/mol. The summed E-state index contributed by atoms with van der Waals surface area (Å²) in [5.41, 5.74) is 1.31. The van der Waals surface area contributed by atoms with Gasteiger partial charge in [-0.05, 0) is 44.1 Å². The second-order valence-corrected chi connectivity index (χ2v) is 7.26. The number of benzene rings is 1. The van der Waals surface area contributed by atoms with Crippen LogP contribution in [0.15, 0.2) is 30.3 Å². The quantitative estimate of drug-likeness (QED) is 0.799. The summed E-state index contributed by atoms with van der Waals surface area (Å²) in [5, 5.41) is 0. The molecule has 0 spiro atoms. The van der Waals surface area contributed by atoms with Crippen LogP contribution in [0, 0.1) is 5.92 Å². The van der Waals surface area contributed by atoms with E-state index in [1.807, 2.05) is 0 Å². The average Bonchev–Trinajstić information content (AvgIpc) is 3.41. The van der Waals surface area contributed by atoms with Crippen LogP contribution in [0.1, 0.15) is 51.0 Å². The van der Waals surface area contributed by atoms with Crippen LogP contribution in [-0.4, -0.2) is 41.4 Å². The molecule has 3 heteroatoms. The van der Waals surface area contributed by atoms with Gasteiger partial charge < -0.3 is 4.90 Å². The molecule has 1 amide bonds. The Bertz CT molecular complexity index is 490. The Morgan fingerprint density at radius 2 is 1.78 bits per heavy atom. The minimum absolute atomic E-state index is 0.329. The summed E-state index contributed by atoms with van der Waals surface area (Å²) in [4.78, 5) is 17.3. The fraction of sp³-hybridized carbons (Fsp3) is 0.650. The van der Waals surface area contributed by atoms with Crippen molar-refractivity contribution >= 4 is 5.91 Å². The first-order chi connectivity index (χ1) is 11.2. The second-order valence-electron chi connectivity index (χ2n) is 7.26. The van der Waals surface area contributed by atoms with Gasteiger partial charge in [0.05, 0.1) is 6.54 Å². The summed E-state index contributed by atoms with van der Waals surface area (Å²) in [6.07, 6.45) is 7.53. The number of nitrogens with zero attached hydrogens (tertiary/aromatic N) is 2. The molecule has 1 atom stereocenters. The lowest BCUT2D eigenvalue weighted by Crippen LogP contribution is -2.44. The molecule has 1 unspecified atom stereocenters. The molecule has 1 aliphatic carbocycles. The molecule has 126 valence electrons. The number of amides is 1. The van der Waals surface area contributed by atoms with Gasteiger partial charge in [0.1, 0.15) is 0 Å². The Hall–Kier alpha value is -1.35. The molecule has 1 aliphatic heterocycles. The smallest absolute Gasteiger partial charge is 0.236 e. The molecule has 23 heavy (non-hydrogen) atoms. The third-order valence-corrected chi connectivity index (χ3v) is 5.41. The van der Waals surface area contributed by atoms with Gasteiger partial charge in [0.15, 0.2) is 0 Å². The summed E-state index contributed by atoms with van der Waals surface area (Å²) in [6.45, 7) is 5.67. The highest BCUT2D eigenvalue weighted by atomic mass is 16.2. The first-order valence-corrected chi connectivity index (χ1v) is 9.30. The molecule has 1 heterocycles. The molecule has 0 bridgehead atoms. The van der Waals surface area contributed by atoms with Crippen molar-refractivity contribution in [2.45, 2.75) is 58.0 Å². The molecular formula is C20H30N2O. The first-order valence-electron chi connectivity index (χ1n) is 9.30. The topological polar surface area (TPSA) is 23.6 Å². The summed E-state index contributed by atoms with van der Waals surface area (Å²) >= 11 is 0. The normalized spacial score (nSPS) is 20.3. The van der Waals surface area contributed by atoms with Crippen molar-refractivity contribution in [3.63, 3.8) is 0 Å². The van der Waals surface area contributed by atoms with Gasteiger partial charge in [-0.3, -0.25) is 9.69 Å². The van der Waals surface area contributed by atoms with Gasteiger partial charge in [0, 0.05) is 25.7 Å². The lowest BCUT2D eigenvalue weighted by Gasteiger charge is -2.31. The van der Waals surface area contributed by atoms with Crippen LogP contribution >= 0.6 is 0 Å². The molecule has 3 rings (SSSR count). The van der Waals surface area contributed by atoms with Crippen molar-refractivity contribution in [3.05, 3.63) is 35.9 Å². The molecule has 2 fully saturated rings. The van der Waals surface area contributed by atoms with Crippen molar-refractivity contribution in [1.29, 1.82) is 0 Å². The molecule has 1 aromatic carbocycles. The second kappa shape index (κ2) is 7.96. The van der Waals surface area contributed by atoms with E-state index < -0.39 is 0 Å². The lowest BCUT2D eigenvalue weighted by molar-refractivity contribution is -0.133. The molecule has 0 aromatic heterocycles. The Morgan fingerprint density at radius 3 is 2.39 bits per heavy atom. The van der Waals surface area contributed by atoms with Crippen LogP contribution in [0.3, 0.4) is 0 Å². The Balaban J connectivity index is 1.63. The van der Waals surface area contributed by atoms with E-state index in [0.29, 0.717) is 18.5 Å². The zero-order valence-electron chi connectivity index (χ0n) is 14.4. The standard InChI is InChI=1S/C20H30N2O/c1-17(19-11-12-19)22(15-18-9-5-4-6-10-18)16-20(23)21-13-7-2-3-8-14-21/h4-6,9-10,17,19H,2-3,7-8,11-16H2,1H3. The molecule has 2 aliphatic rings. The monoisotopic (exact) mass is 314 g/mol. The molecule has 0 N–H and O–H groups in total. The third-order valence-electron chi connectivity index (χ3n) is 5.41. The van der Waals surface area contributed by atoms with Crippen LogP contribution in [0.25, 0.3) is 0 Å². The summed E-state index contributed by atoms with van der Waals surface area (Å²) in [5.74, 6) is 1.12. The maximum Gasteiger partial charge on any atom is 0.236 e. The minimum atomic E-state index is 0.329. The number of carbonyl (C=O) groups is 1. The number of carbonyl (C=O) groups excluding carboxylic acids is 1. The summed E-state index contributed by atoms with van der Waals surface area (Å²) < 4.78 is 0. The van der Waals surface area contributed by atoms with E-state index in [1.54, 1.807) is 0 Å². The molecule has 3 nitrogen and oxygen atoms in total. The highest BCUT2D eigenvalue weighted by Gasteiger charge is 2.33. The van der Waals surface area contributed by atoms with Crippen LogP contribution in [0.2, 0.25) is 0 Å². The minimum Gasteiger partial charge on any atom is -0.342 e. The summed E-state index contributed by atoms with van der Waals surface area (Å²) in [6, 6.07) is 11.1. The van der Waals surface area contributed by atoms with Gasteiger partial charge in [-0.15, -0.1) is 0 Å². The maximum atomic E-state index is 12.8. The van der Waals surface area contributed by atoms with Gasteiger partial charge in [-0.1, -0.05) is 43.2 Å². The van der Waals surface area contributed by atoms with E-state index in [2.05, 4.69) is 47.1 Å². The fourth-order valence-electron chi connectivity index (χ4n) is 3.63. The van der Waals surface area contributed by atoms with Crippen LogP contribution in [-0.2, 0) is 11.3 Å². The van der Waals surface area contributed by atoms with Crippen molar-refractivity contribution in [3.8, 4) is 0 Å².